The molecular formula is C6H2ClFN2O2S2. The molecule has 74 valence electrons. The van der Waals surface area contributed by atoms with Crippen LogP contribution in [0.25, 0.3) is 11.0 Å². The fourth-order valence-electron chi connectivity index (χ4n) is 1.01. The van der Waals surface area contributed by atoms with Crippen LogP contribution in [0.4, 0.5) is 4.39 Å². The van der Waals surface area contributed by atoms with Gasteiger partial charge in [0, 0.05) is 10.7 Å². The number of rotatable bonds is 1. The zero-order valence-corrected chi connectivity index (χ0v) is 8.83. The smallest absolute Gasteiger partial charge is 0.207 e. The Kier molecular flexibility index (Phi) is 2.17. The SMILES string of the molecule is O=S(=O)(Cl)c1ccc(F)c2nsnc12. The lowest BCUT2D eigenvalue weighted by atomic mass is 10.3. The number of hydrogen-bond donors (Lipinski definition) is 0. The summed E-state index contributed by atoms with van der Waals surface area (Å²) in [5, 5.41) is 0. The van der Waals surface area contributed by atoms with Gasteiger partial charge >= 0.3 is 0 Å². The van der Waals surface area contributed by atoms with Crippen LogP contribution in [0.1, 0.15) is 0 Å². The first-order chi connectivity index (χ1) is 6.50. The fourth-order valence-corrected chi connectivity index (χ4v) is 2.61. The molecule has 0 amide bonds. The summed E-state index contributed by atoms with van der Waals surface area (Å²) in [5.41, 5.74) is -0.0956. The summed E-state index contributed by atoms with van der Waals surface area (Å²) in [6.45, 7) is 0. The van der Waals surface area contributed by atoms with Gasteiger partial charge < -0.3 is 0 Å². The Bertz CT molecular complexity index is 595. The van der Waals surface area contributed by atoms with Crippen molar-refractivity contribution in [3.05, 3.63) is 17.9 Å². The van der Waals surface area contributed by atoms with Gasteiger partial charge in [0.2, 0.25) is 0 Å². The average Bonchev–Trinajstić information content (AvgIpc) is 2.50. The van der Waals surface area contributed by atoms with Gasteiger partial charge in [-0.3, -0.25) is 0 Å². The first kappa shape index (κ1) is 9.75. The Labute approximate surface area is 87.1 Å². The lowest BCUT2D eigenvalue weighted by Gasteiger charge is -1.96. The van der Waals surface area contributed by atoms with Crippen LogP contribution in [-0.4, -0.2) is 17.2 Å². The molecule has 1 aromatic heterocycles. The molecule has 1 aromatic carbocycles. The zero-order valence-electron chi connectivity index (χ0n) is 6.44. The molecule has 0 saturated heterocycles. The van der Waals surface area contributed by atoms with E-state index in [-0.39, 0.29) is 15.9 Å². The second-order valence-corrected chi connectivity index (χ2v) is 5.51. The summed E-state index contributed by atoms with van der Waals surface area (Å²) in [4.78, 5) is -0.218. The third-order valence-corrected chi connectivity index (χ3v) is 3.47. The highest BCUT2D eigenvalue weighted by atomic mass is 35.7. The van der Waals surface area contributed by atoms with Crippen molar-refractivity contribution in [2.45, 2.75) is 4.90 Å². The average molecular weight is 253 g/mol. The second-order valence-electron chi connectivity index (χ2n) is 2.44. The van der Waals surface area contributed by atoms with E-state index in [0.29, 0.717) is 0 Å². The fraction of sp³-hybridized carbons (Fsp3) is 0. The molecule has 0 aliphatic carbocycles. The topological polar surface area (TPSA) is 59.9 Å². The summed E-state index contributed by atoms with van der Waals surface area (Å²) < 4.78 is 42.4. The van der Waals surface area contributed by atoms with Crippen LogP contribution < -0.4 is 0 Å². The molecule has 0 aliphatic rings. The highest BCUT2D eigenvalue weighted by Gasteiger charge is 2.18. The molecule has 1 heterocycles. The summed E-state index contributed by atoms with van der Waals surface area (Å²) in [6.07, 6.45) is 0. The molecule has 2 aromatic rings. The van der Waals surface area contributed by atoms with Crippen LogP contribution in [0.3, 0.4) is 0 Å². The molecule has 8 heteroatoms. The highest BCUT2D eigenvalue weighted by Crippen LogP contribution is 2.25. The predicted octanol–water partition coefficient (Wildman–Crippen LogP) is 1.76. The zero-order chi connectivity index (χ0) is 10.3. The van der Waals surface area contributed by atoms with E-state index in [1.54, 1.807) is 0 Å². The van der Waals surface area contributed by atoms with Crippen LogP contribution in [0.15, 0.2) is 17.0 Å². The van der Waals surface area contributed by atoms with E-state index in [0.717, 1.165) is 23.9 Å². The molecule has 0 aliphatic heterocycles. The third kappa shape index (κ3) is 1.47. The molecule has 0 spiro atoms. The maximum Gasteiger partial charge on any atom is 0.263 e. The third-order valence-electron chi connectivity index (χ3n) is 1.59. The maximum atomic E-state index is 13.1. The summed E-state index contributed by atoms with van der Waals surface area (Å²) in [7, 11) is 1.23. The lowest BCUT2D eigenvalue weighted by Crippen LogP contribution is -1.93. The van der Waals surface area contributed by atoms with Gasteiger partial charge in [-0.05, 0) is 12.1 Å². The van der Waals surface area contributed by atoms with Crippen LogP contribution in [0, 0.1) is 5.82 Å². The monoisotopic (exact) mass is 252 g/mol. The number of hydrogen-bond acceptors (Lipinski definition) is 5. The van der Waals surface area contributed by atoms with Gasteiger partial charge in [-0.25, -0.2) is 12.8 Å². The molecule has 0 N–H and O–H groups in total. The van der Waals surface area contributed by atoms with Crippen LogP contribution in [0.2, 0.25) is 0 Å². The van der Waals surface area contributed by atoms with Gasteiger partial charge in [-0.2, -0.15) is 8.75 Å². The first-order valence-electron chi connectivity index (χ1n) is 3.35. The van der Waals surface area contributed by atoms with Crippen molar-refractivity contribution in [3.8, 4) is 0 Å². The molecule has 0 atom stereocenters. The van der Waals surface area contributed by atoms with Crippen LogP contribution in [-0.2, 0) is 9.05 Å². The number of halogens is 2. The van der Waals surface area contributed by atoms with E-state index < -0.39 is 14.9 Å². The molecule has 0 saturated carbocycles. The molecule has 0 unspecified atom stereocenters. The quantitative estimate of drug-likeness (QED) is 0.726. The minimum Gasteiger partial charge on any atom is -0.207 e. The van der Waals surface area contributed by atoms with Crippen molar-refractivity contribution < 1.29 is 12.8 Å². The summed E-state index contributed by atoms with van der Waals surface area (Å²) in [5.74, 6) is -0.613. The van der Waals surface area contributed by atoms with E-state index in [1.165, 1.54) is 0 Å². The molecule has 2 rings (SSSR count). The van der Waals surface area contributed by atoms with Gasteiger partial charge in [0.25, 0.3) is 9.05 Å². The minimum atomic E-state index is -3.91. The van der Waals surface area contributed by atoms with E-state index in [2.05, 4.69) is 8.75 Å². The number of aromatic nitrogens is 2. The molecule has 0 bridgehead atoms. The molecule has 0 radical (unpaired) electrons. The minimum absolute atomic E-state index is 0.0231. The normalized spacial score (nSPS) is 12.1. The molecular weight excluding hydrogens is 251 g/mol. The molecule has 0 fully saturated rings. The Balaban J connectivity index is 2.93. The first-order valence-corrected chi connectivity index (χ1v) is 6.39. The molecule has 14 heavy (non-hydrogen) atoms. The number of benzene rings is 1. The summed E-state index contributed by atoms with van der Waals surface area (Å²) in [6, 6.07) is 2.07. The number of fused-ring (bicyclic) bond motifs is 1. The van der Waals surface area contributed by atoms with Crippen molar-refractivity contribution in [1.82, 2.24) is 8.75 Å². The largest absolute Gasteiger partial charge is 0.263 e. The van der Waals surface area contributed by atoms with Crippen molar-refractivity contribution in [2.24, 2.45) is 0 Å². The number of nitrogens with zero attached hydrogens (tertiary/aromatic N) is 2. The van der Waals surface area contributed by atoms with Crippen molar-refractivity contribution in [2.75, 3.05) is 0 Å². The highest BCUT2D eigenvalue weighted by molar-refractivity contribution is 8.14. The van der Waals surface area contributed by atoms with E-state index in [9.17, 15) is 12.8 Å². The van der Waals surface area contributed by atoms with Crippen molar-refractivity contribution >= 4 is 42.5 Å². The summed E-state index contributed by atoms with van der Waals surface area (Å²) >= 11 is 0.734. The Morgan fingerprint density at radius 2 is 1.93 bits per heavy atom. The Hall–Kier alpha value is -0.790. The molecule has 4 nitrogen and oxygen atoms in total. The van der Waals surface area contributed by atoms with Crippen LogP contribution >= 0.6 is 22.4 Å². The Morgan fingerprint density at radius 3 is 2.57 bits per heavy atom. The van der Waals surface area contributed by atoms with Crippen molar-refractivity contribution in [3.63, 3.8) is 0 Å². The van der Waals surface area contributed by atoms with Gasteiger partial charge in [0.15, 0.2) is 5.82 Å². The van der Waals surface area contributed by atoms with Crippen LogP contribution in [0.5, 0.6) is 0 Å². The standard InChI is InChI=1S/C6H2ClFN2O2S2/c7-14(11,12)4-2-1-3(8)5-6(4)10-13-9-5/h1-2H. The Morgan fingerprint density at radius 1 is 1.29 bits per heavy atom. The van der Waals surface area contributed by atoms with Gasteiger partial charge in [-0.15, -0.1) is 0 Å². The maximum absolute atomic E-state index is 13.1. The van der Waals surface area contributed by atoms with E-state index in [4.69, 9.17) is 10.7 Å². The van der Waals surface area contributed by atoms with Gasteiger partial charge in [-0.1, -0.05) is 0 Å². The lowest BCUT2D eigenvalue weighted by molar-refractivity contribution is 0.609. The van der Waals surface area contributed by atoms with E-state index >= 15 is 0 Å². The predicted molar refractivity (Wildman–Crippen MR) is 50.4 cm³/mol. The van der Waals surface area contributed by atoms with E-state index in [1.807, 2.05) is 0 Å². The van der Waals surface area contributed by atoms with Gasteiger partial charge in [0.1, 0.15) is 15.9 Å². The van der Waals surface area contributed by atoms with Crippen molar-refractivity contribution in [1.29, 1.82) is 0 Å². The van der Waals surface area contributed by atoms with Gasteiger partial charge in [0.05, 0.1) is 11.7 Å². The second kappa shape index (κ2) is 3.11.